The molecule has 118 valence electrons. The second-order valence-corrected chi connectivity index (χ2v) is 6.66. The number of carboxylic acids is 1. The van der Waals surface area contributed by atoms with Gasteiger partial charge in [0.05, 0.1) is 5.39 Å². The summed E-state index contributed by atoms with van der Waals surface area (Å²) in [6.07, 6.45) is 0. The number of thiophene rings is 1. The summed E-state index contributed by atoms with van der Waals surface area (Å²) in [6.45, 7) is 7.68. The topological polar surface area (TPSA) is 75.1 Å². The normalized spacial score (nSPS) is 11.0. The third-order valence-corrected chi connectivity index (χ3v) is 4.75. The smallest absolute Gasteiger partial charge is 0.346 e. The molecule has 0 unspecified atom stereocenters. The zero-order chi connectivity index (χ0) is 16.7. The highest BCUT2D eigenvalue weighted by molar-refractivity contribution is 7.20. The van der Waals surface area contributed by atoms with Gasteiger partial charge >= 0.3 is 5.97 Å². The van der Waals surface area contributed by atoms with Crippen molar-refractivity contribution in [2.45, 2.75) is 27.7 Å². The molecular weight excluding hydrogens is 310 g/mol. The number of hydrogen-bond donors (Lipinski definition) is 2. The predicted octanol–water partition coefficient (Wildman–Crippen LogP) is 4.37. The minimum absolute atomic E-state index is 0.309. The Kier molecular flexibility index (Phi) is 3.77. The fraction of sp³-hybridized carbons (Fsp3) is 0.235. The van der Waals surface area contributed by atoms with E-state index in [0.29, 0.717) is 26.9 Å². The van der Waals surface area contributed by atoms with Crippen molar-refractivity contribution < 1.29 is 9.90 Å². The number of aryl methyl sites for hydroxylation is 4. The number of fused-ring (bicyclic) bond motifs is 1. The molecule has 0 atom stereocenters. The van der Waals surface area contributed by atoms with Crippen LogP contribution in [0.2, 0.25) is 0 Å². The molecule has 0 saturated heterocycles. The monoisotopic (exact) mass is 327 g/mol. The largest absolute Gasteiger partial charge is 0.477 e. The number of rotatable bonds is 3. The first-order valence-electron chi connectivity index (χ1n) is 7.21. The standard InChI is InChI=1S/C17H17N3O2S/c1-8-5-9(2)7-12(6-8)20-15-13-10(3)14(17(21)22)23-16(13)19-11(4)18-15/h5-7H,1-4H3,(H,21,22)(H,18,19,20). The van der Waals surface area contributed by atoms with Crippen molar-refractivity contribution in [3.05, 3.63) is 45.6 Å². The van der Waals surface area contributed by atoms with Crippen LogP contribution in [0.1, 0.15) is 32.2 Å². The lowest BCUT2D eigenvalue weighted by atomic mass is 10.1. The quantitative estimate of drug-likeness (QED) is 0.747. The highest BCUT2D eigenvalue weighted by atomic mass is 32.1. The Labute approximate surface area is 138 Å². The first-order valence-corrected chi connectivity index (χ1v) is 8.03. The molecule has 3 rings (SSSR count). The second-order valence-electron chi connectivity index (χ2n) is 5.66. The van der Waals surface area contributed by atoms with E-state index < -0.39 is 5.97 Å². The van der Waals surface area contributed by atoms with Crippen LogP contribution in [0.15, 0.2) is 18.2 Å². The van der Waals surface area contributed by atoms with Crippen LogP contribution in [-0.2, 0) is 0 Å². The Morgan fingerprint density at radius 2 is 1.74 bits per heavy atom. The van der Waals surface area contributed by atoms with E-state index in [9.17, 15) is 9.90 Å². The van der Waals surface area contributed by atoms with Gasteiger partial charge in [-0.15, -0.1) is 11.3 Å². The zero-order valence-corrected chi connectivity index (χ0v) is 14.2. The van der Waals surface area contributed by atoms with Gasteiger partial charge in [0, 0.05) is 5.69 Å². The number of aromatic nitrogens is 2. The van der Waals surface area contributed by atoms with Gasteiger partial charge in [-0.2, -0.15) is 0 Å². The van der Waals surface area contributed by atoms with E-state index in [-0.39, 0.29) is 0 Å². The lowest BCUT2D eigenvalue weighted by Gasteiger charge is -2.10. The summed E-state index contributed by atoms with van der Waals surface area (Å²) in [5.74, 6) is 0.335. The molecule has 2 N–H and O–H groups in total. The lowest BCUT2D eigenvalue weighted by Crippen LogP contribution is -1.99. The maximum absolute atomic E-state index is 11.4. The molecular formula is C17H17N3O2S. The Bertz CT molecular complexity index is 911. The number of hydrogen-bond acceptors (Lipinski definition) is 5. The molecule has 0 amide bonds. The summed E-state index contributed by atoms with van der Waals surface area (Å²) >= 11 is 1.19. The number of anilines is 2. The van der Waals surface area contributed by atoms with Crippen LogP contribution in [0, 0.1) is 27.7 Å². The third-order valence-electron chi connectivity index (χ3n) is 3.58. The molecule has 1 aromatic carbocycles. The summed E-state index contributed by atoms with van der Waals surface area (Å²) in [7, 11) is 0. The van der Waals surface area contributed by atoms with Crippen molar-refractivity contribution in [1.82, 2.24) is 9.97 Å². The fourth-order valence-corrected chi connectivity index (χ4v) is 3.79. The van der Waals surface area contributed by atoms with Crippen LogP contribution in [0.5, 0.6) is 0 Å². The molecule has 23 heavy (non-hydrogen) atoms. The van der Waals surface area contributed by atoms with Crippen molar-refractivity contribution in [2.24, 2.45) is 0 Å². The van der Waals surface area contributed by atoms with Crippen molar-refractivity contribution >= 4 is 39.0 Å². The summed E-state index contributed by atoms with van der Waals surface area (Å²) in [5.41, 5.74) is 3.94. The van der Waals surface area contributed by atoms with E-state index in [1.807, 2.05) is 32.9 Å². The molecule has 0 aliphatic rings. The first-order chi connectivity index (χ1) is 10.8. The van der Waals surface area contributed by atoms with E-state index in [2.05, 4.69) is 21.4 Å². The Morgan fingerprint density at radius 3 is 2.35 bits per heavy atom. The average molecular weight is 327 g/mol. The SMILES string of the molecule is Cc1cc(C)cc(Nc2nc(C)nc3sc(C(=O)O)c(C)c23)c1. The third kappa shape index (κ3) is 2.90. The predicted molar refractivity (Wildman–Crippen MR) is 93.0 cm³/mol. The maximum Gasteiger partial charge on any atom is 0.346 e. The average Bonchev–Trinajstić information content (AvgIpc) is 2.74. The second kappa shape index (κ2) is 5.62. The molecule has 0 fully saturated rings. The minimum Gasteiger partial charge on any atom is -0.477 e. The lowest BCUT2D eigenvalue weighted by molar-refractivity contribution is 0.0701. The molecule has 2 aromatic heterocycles. The molecule has 0 spiro atoms. The number of nitrogens with one attached hydrogen (secondary N) is 1. The van der Waals surface area contributed by atoms with Gasteiger partial charge in [0.25, 0.3) is 0 Å². The van der Waals surface area contributed by atoms with Crippen LogP contribution < -0.4 is 5.32 Å². The van der Waals surface area contributed by atoms with E-state index in [4.69, 9.17) is 0 Å². The van der Waals surface area contributed by atoms with Gasteiger partial charge in [-0.1, -0.05) is 6.07 Å². The number of carboxylic acid groups (broad SMARTS) is 1. The summed E-state index contributed by atoms with van der Waals surface area (Å²) in [5, 5.41) is 13.4. The number of carbonyl (C=O) groups is 1. The summed E-state index contributed by atoms with van der Waals surface area (Å²) in [6, 6.07) is 6.18. The molecule has 0 aliphatic carbocycles. The van der Waals surface area contributed by atoms with Crippen LogP contribution in [-0.4, -0.2) is 21.0 Å². The minimum atomic E-state index is -0.930. The van der Waals surface area contributed by atoms with E-state index in [1.54, 1.807) is 6.92 Å². The highest BCUT2D eigenvalue weighted by Gasteiger charge is 2.19. The molecule has 0 saturated carbocycles. The van der Waals surface area contributed by atoms with Gasteiger partial charge < -0.3 is 10.4 Å². The molecule has 5 nitrogen and oxygen atoms in total. The summed E-state index contributed by atoms with van der Waals surface area (Å²) < 4.78 is 0. The number of nitrogens with zero attached hydrogens (tertiary/aromatic N) is 2. The van der Waals surface area contributed by atoms with Crippen LogP contribution in [0.25, 0.3) is 10.2 Å². The van der Waals surface area contributed by atoms with Gasteiger partial charge in [0.2, 0.25) is 0 Å². The zero-order valence-electron chi connectivity index (χ0n) is 13.4. The maximum atomic E-state index is 11.4. The van der Waals surface area contributed by atoms with E-state index in [1.165, 1.54) is 11.3 Å². The molecule has 2 heterocycles. The van der Waals surface area contributed by atoms with Crippen LogP contribution >= 0.6 is 11.3 Å². The van der Waals surface area contributed by atoms with Gasteiger partial charge in [0.15, 0.2) is 0 Å². The van der Waals surface area contributed by atoms with Crippen molar-refractivity contribution in [3.63, 3.8) is 0 Å². The first kappa shape index (κ1) is 15.4. The van der Waals surface area contributed by atoms with E-state index >= 15 is 0 Å². The van der Waals surface area contributed by atoms with E-state index in [0.717, 1.165) is 22.2 Å². The Hall–Kier alpha value is -2.47. The van der Waals surface area contributed by atoms with Gasteiger partial charge in [-0.25, -0.2) is 14.8 Å². The van der Waals surface area contributed by atoms with Gasteiger partial charge in [-0.05, 0) is 56.5 Å². The highest BCUT2D eigenvalue weighted by Crippen LogP contribution is 2.35. The molecule has 0 bridgehead atoms. The molecule has 0 aliphatic heterocycles. The summed E-state index contributed by atoms with van der Waals surface area (Å²) in [4.78, 5) is 21.2. The van der Waals surface area contributed by atoms with Gasteiger partial charge in [-0.3, -0.25) is 0 Å². The number of aromatic carboxylic acids is 1. The Morgan fingerprint density at radius 1 is 1.09 bits per heavy atom. The van der Waals surface area contributed by atoms with Crippen LogP contribution in [0.4, 0.5) is 11.5 Å². The van der Waals surface area contributed by atoms with Crippen molar-refractivity contribution in [1.29, 1.82) is 0 Å². The van der Waals surface area contributed by atoms with Crippen molar-refractivity contribution in [3.8, 4) is 0 Å². The molecule has 3 aromatic rings. The molecule has 6 heteroatoms. The molecule has 0 radical (unpaired) electrons. The fourth-order valence-electron chi connectivity index (χ4n) is 2.72. The van der Waals surface area contributed by atoms with Gasteiger partial charge in [0.1, 0.15) is 21.3 Å². The van der Waals surface area contributed by atoms with Crippen LogP contribution in [0.3, 0.4) is 0 Å². The number of benzene rings is 1. The van der Waals surface area contributed by atoms with Crippen molar-refractivity contribution in [2.75, 3.05) is 5.32 Å². The Balaban J connectivity index is 2.18.